The van der Waals surface area contributed by atoms with Crippen LogP contribution in [-0.4, -0.2) is 40.8 Å². The fourth-order valence-corrected chi connectivity index (χ4v) is 9.96. The van der Waals surface area contributed by atoms with Gasteiger partial charge in [-0.15, -0.1) is 0 Å². The van der Waals surface area contributed by atoms with E-state index in [1.165, 1.54) is 0 Å². The summed E-state index contributed by atoms with van der Waals surface area (Å²) in [4.78, 5) is 1.03. The van der Waals surface area contributed by atoms with Gasteiger partial charge in [0.15, 0.2) is 0 Å². The molecule has 2 aromatic carbocycles. The van der Waals surface area contributed by atoms with E-state index in [-0.39, 0.29) is 69.3 Å². The minimum atomic E-state index is -4.94. The van der Waals surface area contributed by atoms with E-state index < -0.39 is 8.33 Å². The number of halogens is 8. The maximum absolute atomic E-state index is 6.42. The van der Waals surface area contributed by atoms with Crippen LogP contribution in [0.5, 0.6) is 23.0 Å². The molecular weight excluding hydrogens is 610 g/mol. The van der Waals surface area contributed by atoms with Crippen molar-refractivity contribution in [1.29, 1.82) is 0 Å². The van der Waals surface area contributed by atoms with E-state index in [1.807, 2.05) is 0 Å². The van der Waals surface area contributed by atoms with Crippen LogP contribution in [0.3, 0.4) is 0 Å². The van der Waals surface area contributed by atoms with Gasteiger partial charge < -0.3 is 0 Å². The fourth-order valence-electron chi connectivity index (χ4n) is 3.85. The van der Waals surface area contributed by atoms with Gasteiger partial charge >= 0.3 is 224 Å². The van der Waals surface area contributed by atoms with Crippen LogP contribution in [0.25, 0.3) is 0 Å². The molecule has 6 nitrogen and oxygen atoms in total. The average Bonchev–Trinajstić information content (AvgIpc) is 3.30. The average molecular weight is 621 g/mol. The van der Waals surface area contributed by atoms with Crippen LogP contribution < -0.4 is 22.6 Å². The van der Waals surface area contributed by atoms with Gasteiger partial charge in [-0.05, 0) is 0 Å². The van der Waals surface area contributed by atoms with Gasteiger partial charge in [0.1, 0.15) is 0 Å². The van der Waals surface area contributed by atoms with E-state index in [0.717, 1.165) is 4.90 Å². The summed E-state index contributed by atoms with van der Waals surface area (Å²) in [5.41, 5.74) is 0. The molecule has 0 aromatic heterocycles. The third-order valence-corrected chi connectivity index (χ3v) is 12.3. The first-order valence-electron chi connectivity index (χ1n) is 9.14. The Morgan fingerprint density at radius 3 is 1.16 bits per heavy atom. The molecule has 0 bridgehead atoms. The Morgan fingerprint density at radius 2 is 0.844 bits per heavy atom. The maximum atomic E-state index is 6.42. The van der Waals surface area contributed by atoms with Crippen molar-refractivity contribution in [2.75, 3.05) is 32.5 Å². The van der Waals surface area contributed by atoms with Gasteiger partial charge in [-0.1, -0.05) is 0 Å². The Balaban J connectivity index is 1.70. The summed E-state index contributed by atoms with van der Waals surface area (Å²) in [5, 5.41) is -0.00879. The summed E-state index contributed by atoms with van der Waals surface area (Å²) in [6.45, 7) is 2.34. The van der Waals surface area contributed by atoms with E-state index in [1.54, 1.807) is 0 Å². The number of morpholine rings is 1. The van der Waals surface area contributed by atoms with Gasteiger partial charge in [0, 0.05) is 0 Å². The number of quaternary nitrogens is 1. The van der Waals surface area contributed by atoms with Crippen LogP contribution in [0.1, 0.15) is 0 Å². The molecule has 3 aliphatic heterocycles. The molecule has 5 rings (SSSR count). The molecule has 1 saturated heterocycles. The summed E-state index contributed by atoms with van der Waals surface area (Å²) in [6.07, 6.45) is 0.135. The molecule has 15 heteroatoms. The quantitative estimate of drug-likeness (QED) is 0.254. The van der Waals surface area contributed by atoms with Crippen molar-refractivity contribution in [2.24, 2.45) is 0 Å². The number of hydrogen-bond donors (Lipinski definition) is 1. The molecule has 32 heavy (non-hydrogen) atoms. The Morgan fingerprint density at radius 1 is 0.531 bits per heavy atom. The molecule has 3 aliphatic rings. The number of rotatable bonds is 2. The molecular formula is C17H11Cl8NO5Si. The Kier molecular flexibility index (Phi) is 6.00. The van der Waals surface area contributed by atoms with Gasteiger partial charge in [-0.3, -0.25) is 0 Å². The standard InChI is InChI=1S/C17H10Cl8NO5Si/c18-6-7(19)11(23)15-14(10(6)22)28-32(29-15,5-26-1-3-27-4-2-26)30-16-12(24)8(20)9(21)13(25)17(16)31-32/h1-5H2/q-1/p+1. The molecule has 3 heterocycles. The number of hydrogen-bond acceptors (Lipinski definition) is 5. The third-order valence-electron chi connectivity index (χ3n) is 5.30. The van der Waals surface area contributed by atoms with Crippen LogP contribution >= 0.6 is 92.8 Å². The van der Waals surface area contributed by atoms with Crippen LogP contribution in [0.4, 0.5) is 0 Å². The van der Waals surface area contributed by atoms with Crippen LogP contribution in [0.2, 0.25) is 40.2 Å². The van der Waals surface area contributed by atoms with Gasteiger partial charge in [0.05, 0.1) is 0 Å². The van der Waals surface area contributed by atoms with Gasteiger partial charge in [-0.2, -0.15) is 0 Å². The minimum absolute atomic E-state index is 0.000618. The third kappa shape index (κ3) is 3.44. The molecule has 2 aromatic rings. The van der Waals surface area contributed by atoms with Crippen molar-refractivity contribution in [1.82, 2.24) is 0 Å². The fraction of sp³-hybridized carbons (Fsp3) is 0.294. The van der Waals surface area contributed by atoms with Gasteiger partial charge in [-0.25, -0.2) is 0 Å². The van der Waals surface area contributed by atoms with Crippen molar-refractivity contribution in [3.8, 4) is 23.0 Å². The zero-order valence-electron chi connectivity index (χ0n) is 15.6. The van der Waals surface area contributed by atoms with E-state index in [9.17, 15) is 0 Å². The summed E-state index contributed by atoms with van der Waals surface area (Å²) in [7, 11) is -4.94. The zero-order valence-corrected chi connectivity index (χ0v) is 22.6. The molecule has 0 unspecified atom stereocenters. The van der Waals surface area contributed by atoms with Gasteiger partial charge in [0.25, 0.3) is 0 Å². The molecule has 0 aliphatic carbocycles. The van der Waals surface area contributed by atoms with E-state index in [0.29, 0.717) is 26.3 Å². The first-order valence-corrected chi connectivity index (χ1v) is 14.5. The topological polar surface area (TPSA) is 50.6 Å². The van der Waals surface area contributed by atoms with Gasteiger partial charge in [0.2, 0.25) is 0 Å². The molecule has 1 spiro atoms. The van der Waals surface area contributed by atoms with E-state index >= 15 is 0 Å². The molecule has 1 N–H and O–H groups in total. The van der Waals surface area contributed by atoms with Crippen molar-refractivity contribution < 1.29 is 27.3 Å². The van der Waals surface area contributed by atoms with Crippen LogP contribution in [0.15, 0.2) is 0 Å². The molecule has 0 saturated carbocycles. The van der Waals surface area contributed by atoms with Crippen molar-refractivity contribution in [3.63, 3.8) is 0 Å². The van der Waals surface area contributed by atoms with E-state index in [4.69, 9.17) is 115 Å². The van der Waals surface area contributed by atoms with Crippen molar-refractivity contribution in [2.45, 2.75) is 0 Å². The first-order chi connectivity index (χ1) is 15.1. The summed E-state index contributed by atoms with van der Waals surface area (Å²) in [6, 6.07) is 0. The Hall–Kier alpha value is 0.0969. The molecule has 0 amide bonds. The summed E-state index contributed by atoms with van der Waals surface area (Å²) in [5.74, 6) is 0.183. The Bertz CT molecular complexity index is 1010. The molecule has 174 valence electrons. The molecule has 0 radical (unpaired) electrons. The van der Waals surface area contributed by atoms with Crippen LogP contribution in [0, 0.1) is 0 Å². The summed E-state index contributed by atoms with van der Waals surface area (Å²) < 4.78 is 30.8. The first kappa shape index (κ1) is 23.8. The van der Waals surface area contributed by atoms with Crippen molar-refractivity contribution >= 4 is 101 Å². The monoisotopic (exact) mass is 617 g/mol. The van der Waals surface area contributed by atoms with E-state index in [2.05, 4.69) is 0 Å². The predicted molar refractivity (Wildman–Crippen MR) is 128 cm³/mol. The van der Waals surface area contributed by atoms with Crippen molar-refractivity contribution in [3.05, 3.63) is 40.2 Å². The predicted octanol–water partition coefficient (Wildman–Crippen LogP) is 6.00. The second-order valence-corrected chi connectivity index (χ2v) is 13.7. The number of fused-ring (bicyclic) bond motifs is 2. The molecule has 0 atom stereocenters. The zero-order chi connectivity index (χ0) is 23.0. The number of nitrogens with one attached hydrogen (secondary N) is 1. The Labute approximate surface area is 222 Å². The second kappa shape index (κ2) is 8.07. The second-order valence-electron chi connectivity index (χ2n) is 7.35. The normalized spacial score (nSPS) is 21.6. The van der Waals surface area contributed by atoms with Crippen LogP contribution in [-0.2, 0) is 4.74 Å². The summed E-state index contributed by atoms with van der Waals surface area (Å²) >= 11 is 50.6. The molecule has 1 fully saturated rings. The number of benzene rings is 2. The number of ether oxygens (including phenoxy) is 1. The SMILES string of the molecule is Clc1c(Cl)c(Cl)c2c(c1Cl)O[Si-]1(C[NH+]3CCOCC3)(O2)Oc2c(Cl)c(Cl)c(Cl)c(Cl)c2O1.